The van der Waals surface area contributed by atoms with Crippen LogP contribution in [-0.2, 0) is 0 Å². The van der Waals surface area contributed by atoms with Crippen molar-refractivity contribution >= 4 is 82.4 Å². The van der Waals surface area contributed by atoms with Crippen molar-refractivity contribution in [1.29, 1.82) is 0 Å². The fraction of sp³-hybridized carbons (Fsp3) is 0. The highest BCUT2D eigenvalue weighted by Gasteiger charge is 2.22. The van der Waals surface area contributed by atoms with E-state index in [4.69, 9.17) is 4.42 Å². The summed E-state index contributed by atoms with van der Waals surface area (Å²) in [5, 5.41) is 9.49. The summed E-state index contributed by atoms with van der Waals surface area (Å²) in [5.41, 5.74) is 13.0. The highest BCUT2D eigenvalue weighted by Crippen LogP contribution is 2.46. The highest BCUT2D eigenvalue weighted by atomic mass is 16.3. The zero-order valence-electron chi connectivity index (χ0n) is 32.1. The molecule has 59 heavy (non-hydrogen) atoms. The summed E-state index contributed by atoms with van der Waals surface area (Å²) in [5.74, 6) is 0. The lowest BCUT2D eigenvalue weighted by Gasteiger charge is -2.26. The Balaban J connectivity index is 1.09. The van der Waals surface area contributed by atoms with Crippen molar-refractivity contribution in [3.63, 3.8) is 0 Å². The molecular weight excluding hydrogens is 717 g/mol. The maximum absolute atomic E-state index is 6.90. The summed E-state index contributed by atoms with van der Waals surface area (Å²) >= 11 is 0. The maximum Gasteiger partial charge on any atom is 0.159 e. The Kier molecular flexibility index (Phi) is 7.54. The van der Waals surface area contributed by atoms with Gasteiger partial charge in [0, 0.05) is 38.6 Å². The SMILES string of the molecule is c1ccc(-c2ccccc2-c2ccc(N(c3ccc4c5ccccc5n(-c5ccc6ccccc6c5)c4c3)c3cccc4c3oc3ccc5ccccc5c34)cc2)cc1. The number of fused-ring (bicyclic) bond motifs is 9. The van der Waals surface area contributed by atoms with Crippen molar-refractivity contribution in [2.24, 2.45) is 0 Å². The van der Waals surface area contributed by atoms with E-state index in [1.807, 2.05) is 0 Å². The van der Waals surface area contributed by atoms with Crippen LogP contribution in [0.15, 0.2) is 223 Å². The Morgan fingerprint density at radius 3 is 1.83 bits per heavy atom. The molecule has 276 valence electrons. The molecule has 2 aromatic heterocycles. The van der Waals surface area contributed by atoms with Gasteiger partial charge < -0.3 is 13.9 Å². The molecule has 0 unspecified atom stereocenters. The Bertz CT molecular complexity index is 3560. The monoisotopic (exact) mass is 752 g/mol. The van der Waals surface area contributed by atoms with E-state index in [0.717, 1.165) is 55.8 Å². The van der Waals surface area contributed by atoms with E-state index in [2.05, 4.69) is 228 Å². The Labute approximate surface area is 341 Å². The predicted molar refractivity (Wildman–Crippen MR) is 249 cm³/mol. The van der Waals surface area contributed by atoms with Crippen LogP contribution >= 0.6 is 0 Å². The molecule has 0 saturated heterocycles. The second kappa shape index (κ2) is 13.4. The van der Waals surface area contributed by atoms with Crippen LogP contribution in [0.25, 0.3) is 93.2 Å². The first-order valence-electron chi connectivity index (χ1n) is 20.2. The number of para-hydroxylation sites is 2. The highest BCUT2D eigenvalue weighted by molar-refractivity contribution is 6.21. The van der Waals surface area contributed by atoms with Crippen LogP contribution in [0.5, 0.6) is 0 Å². The summed E-state index contributed by atoms with van der Waals surface area (Å²) < 4.78 is 9.31. The number of furan rings is 1. The number of hydrogen-bond acceptors (Lipinski definition) is 2. The normalized spacial score (nSPS) is 11.7. The molecule has 0 aliphatic rings. The predicted octanol–water partition coefficient (Wildman–Crippen LogP) is 15.8. The molecule has 0 spiro atoms. The van der Waals surface area contributed by atoms with Gasteiger partial charge in [0.15, 0.2) is 5.58 Å². The Hall–Kier alpha value is -7.88. The van der Waals surface area contributed by atoms with Crippen LogP contribution < -0.4 is 4.90 Å². The fourth-order valence-corrected chi connectivity index (χ4v) is 9.24. The maximum atomic E-state index is 6.90. The molecule has 3 heteroatoms. The minimum Gasteiger partial charge on any atom is -0.454 e. The second-order valence-electron chi connectivity index (χ2n) is 15.3. The zero-order chi connectivity index (χ0) is 38.9. The molecule has 0 saturated carbocycles. The van der Waals surface area contributed by atoms with Crippen LogP contribution in [0, 0.1) is 0 Å². The molecule has 3 nitrogen and oxygen atoms in total. The largest absolute Gasteiger partial charge is 0.454 e. The van der Waals surface area contributed by atoms with Crippen LogP contribution in [0.1, 0.15) is 0 Å². The van der Waals surface area contributed by atoms with Crippen LogP contribution in [0.4, 0.5) is 17.1 Å². The Morgan fingerprint density at radius 2 is 1.00 bits per heavy atom. The first-order chi connectivity index (χ1) is 29.3. The molecule has 0 atom stereocenters. The van der Waals surface area contributed by atoms with Crippen LogP contribution in [0.2, 0.25) is 0 Å². The lowest BCUT2D eigenvalue weighted by molar-refractivity contribution is 0.669. The van der Waals surface area contributed by atoms with E-state index in [1.165, 1.54) is 54.5 Å². The van der Waals surface area contributed by atoms with E-state index in [9.17, 15) is 0 Å². The lowest BCUT2D eigenvalue weighted by atomic mass is 9.94. The third-order valence-corrected chi connectivity index (χ3v) is 12.0. The summed E-state index contributed by atoms with van der Waals surface area (Å²) in [6, 6.07) is 78.7. The summed E-state index contributed by atoms with van der Waals surface area (Å²) in [7, 11) is 0. The first-order valence-corrected chi connectivity index (χ1v) is 20.2. The van der Waals surface area contributed by atoms with Crippen molar-refractivity contribution in [3.8, 4) is 27.9 Å². The molecule has 0 amide bonds. The molecule has 0 bridgehead atoms. The fourth-order valence-electron chi connectivity index (χ4n) is 9.24. The second-order valence-corrected chi connectivity index (χ2v) is 15.3. The van der Waals surface area contributed by atoms with Gasteiger partial charge in [-0.1, -0.05) is 164 Å². The lowest BCUT2D eigenvalue weighted by Crippen LogP contribution is -2.10. The molecule has 2 heterocycles. The van der Waals surface area contributed by atoms with Gasteiger partial charge in [-0.15, -0.1) is 0 Å². The third kappa shape index (κ3) is 5.36. The Morgan fingerprint density at radius 1 is 0.373 bits per heavy atom. The van der Waals surface area contributed by atoms with Gasteiger partial charge in [-0.3, -0.25) is 0 Å². The van der Waals surface area contributed by atoms with Crippen molar-refractivity contribution in [1.82, 2.24) is 4.57 Å². The molecule has 0 aliphatic carbocycles. The van der Waals surface area contributed by atoms with E-state index in [0.29, 0.717) is 0 Å². The number of rotatable bonds is 6. The number of anilines is 3. The van der Waals surface area contributed by atoms with Crippen molar-refractivity contribution in [2.45, 2.75) is 0 Å². The summed E-state index contributed by atoms with van der Waals surface area (Å²) in [6.45, 7) is 0. The van der Waals surface area contributed by atoms with Gasteiger partial charge in [0.2, 0.25) is 0 Å². The van der Waals surface area contributed by atoms with Crippen LogP contribution in [0.3, 0.4) is 0 Å². The van der Waals surface area contributed by atoms with E-state index in [-0.39, 0.29) is 0 Å². The van der Waals surface area contributed by atoms with Gasteiger partial charge in [0.1, 0.15) is 5.58 Å². The van der Waals surface area contributed by atoms with Gasteiger partial charge in [-0.25, -0.2) is 0 Å². The molecular formula is C56H36N2O. The number of benzene rings is 10. The number of nitrogens with zero attached hydrogens (tertiary/aromatic N) is 2. The van der Waals surface area contributed by atoms with Crippen molar-refractivity contribution < 1.29 is 4.42 Å². The summed E-state index contributed by atoms with van der Waals surface area (Å²) in [6.07, 6.45) is 0. The topological polar surface area (TPSA) is 21.3 Å². The molecule has 0 N–H and O–H groups in total. The van der Waals surface area contributed by atoms with Crippen LogP contribution in [-0.4, -0.2) is 4.57 Å². The standard InChI is InChI=1S/C56H36N2O/c1-2-14-38(15-3-1)45-18-8-9-19-46(45)40-26-29-42(30-27-40)57(52-24-12-22-50-55-47-20-7-6-16-39(47)28-34-54(55)59-56(50)52)44-32-33-49-48-21-10-11-23-51(48)58(53(49)36-44)43-31-25-37-13-4-5-17-41(37)35-43/h1-36H. The van der Waals surface area contributed by atoms with E-state index in [1.54, 1.807) is 0 Å². The molecule has 0 radical (unpaired) electrons. The zero-order valence-corrected chi connectivity index (χ0v) is 32.1. The van der Waals surface area contributed by atoms with Gasteiger partial charge in [0.25, 0.3) is 0 Å². The van der Waals surface area contributed by atoms with Gasteiger partial charge in [-0.2, -0.15) is 0 Å². The molecule has 10 aromatic carbocycles. The van der Waals surface area contributed by atoms with E-state index < -0.39 is 0 Å². The van der Waals surface area contributed by atoms with E-state index >= 15 is 0 Å². The minimum atomic E-state index is 0.854. The van der Waals surface area contributed by atoms with Gasteiger partial charge in [-0.05, 0) is 98.4 Å². The smallest absolute Gasteiger partial charge is 0.159 e. The quantitative estimate of drug-likeness (QED) is 0.169. The minimum absolute atomic E-state index is 0.854. The number of aromatic nitrogens is 1. The van der Waals surface area contributed by atoms with Crippen molar-refractivity contribution in [2.75, 3.05) is 4.90 Å². The van der Waals surface area contributed by atoms with Crippen molar-refractivity contribution in [3.05, 3.63) is 218 Å². The molecule has 0 aliphatic heterocycles. The third-order valence-electron chi connectivity index (χ3n) is 12.0. The summed E-state index contributed by atoms with van der Waals surface area (Å²) in [4.78, 5) is 2.36. The van der Waals surface area contributed by atoms with Gasteiger partial charge in [0.05, 0.1) is 16.7 Å². The molecule has 12 aromatic rings. The molecule has 12 rings (SSSR count). The number of hydrogen-bond donors (Lipinski definition) is 0. The first kappa shape index (κ1) is 33.3. The van der Waals surface area contributed by atoms with Gasteiger partial charge >= 0.3 is 0 Å². The average Bonchev–Trinajstić information content (AvgIpc) is 3.86. The molecule has 0 fully saturated rings. The average molecular weight is 753 g/mol.